The van der Waals surface area contributed by atoms with Gasteiger partial charge in [-0.1, -0.05) is 17.7 Å². The van der Waals surface area contributed by atoms with Crippen LogP contribution in [0.4, 0.5) is 13.2 Å². The van der Waals surface area contributed by atoms with E-state index in [9.17, 15) is 13.2 Å². The van der Waals surface area contributed by atoms with Crippen molar-refractivity contribution < 1.29 is 18.3 Å². The lowest BCUT2D eigenvalue weighted by Crippen LogP contribution is -2.21. The molecule has 0 bridgehead atoms. The number of rotatable bonds is 4. The largest absolute Gasteiger partial charge is 0.506 e. The van der Waals surface area contributed by atoms with Crippen LogP contribution in [0.2, 0.25) is 5.02 Å². The lowest BCUT2D eigenvalue weighted by Gasteiger charge is -2.08. The van der Waals surface area contributed by atoms with Crippen LogP contribution in [0.3, 0.4) is 0 Å². The molecule has 2 nitrogen and oxygen atoms in total. The van der Waals surface area contributed by atoms with Gasteiger partial charge in [0.2, 0.25) is 0 Å². The summed E-state index contributed by atoms with van der Waals surface area (Å²) < 4.78 is 35.4. The van der Waals surface area contributed by atoms with Gasteiger partial charge in [0.15, 0.2) is 0 Å². The zero-order valence-electron chi connectivity index (χ0n) is 8.31. The highest BCUT2D eigenvalue weighted by Crippen LogP contribution is 2.23. The van der Waals surface area contributed by atoms with Gasteiger partial charge in [0, 0.05) is 13.1 Å². The maximum absolute atomic E-state index is 11.8. The zero-order chi connectivity index (χ0) is 12.2. The van der Waals surface area contributed by atoms with E-state index in [0.29, 0.717) is 0 Å². The summed E-state index contributed by atoms with van der Waals surface area (Å²) in [7, 11) is 0. The molecule has 2 N–H and O–H groups in total. The molecule has 90 valence electrons. The summed E-state index contributed by atoms with van der Waals surface area (Å²) in [6.07, 6.45) is -5.00. The van der Waals surface area contributed by atoms with Gasteiger partial charge in [0.25, 0.3) is 0 Å². The molecule has 0 radical (unpaired) electrons. The van der Waals surface area contributed by atoms with Gasteiger partial charge in [-0.05, 0) is 17.7 Å². The molecule has 16 heavy (non-hydrogen) atoms. The molecule has 0 aromatic heterocycles. The number of hydrogen-bond acceptors (Lipinski definition) is 2. The van der Waals surface area contributed by atoms with Crippen LogP contribution in [0.25, 0.3) is 0 Å². The maximum Gasteiger partial charge on any atom is 0.390 e. The third-order valence-electron chi connectivity index (χ3n) is 1.93. The van der Waals surface area contributed by atoms with E-state index in [4.69, 9.17) is 16.7 Å². The Labute approximate surface area is 96.0 Å². The van der Waals surface area contributed by atoms with Gasteiger partial charge in [0.1, 0.15) is 5.75 Å². The van der Waals surface area contributed by atoms with E-state index < -0.39 is 12.6 Å². The van der Waals surface area contributed by atoms with E-state index >= 15 is 0 Å². The first kappa shape index (κ1) is 13.1. The first-order valence-corrected chi connectivity index (χ1v) is 5.01. The number of benzene rings is 1. The fourth-order valence-electron chi connectivity index (χ4n) is 1.12. The van der Waals surface area contributed by atoms with E-state index in [-0.39, 0.29) is 23.9 Å². The van der Waals surface area contributed by atoms with Crippen molar-refractivity contribution in [3.8, 4) is 5.75 Å². The van der Waals surface area contributed by atoms with Crippen LogP contribution in [-0.2, 0) is 6.54 Å². The van der Waals surface area contributed by atoms with Crippen molar-refractivity contribution in [2.75, 3.05) is 6.54 Å². The van der Waals surface area contributed by atoms with Crippen molar-refractivity contribution in [3.63, 3.8) is 0 Å². The van der Waals surface area contributed by atoms with E-state index in [2.05, 4.69) is 5.32 Å². The van der Waals surface area contributed by atoms with Gasteiger partial charge in [-0.15, -0.1) is 0 Å². The number of nitrogens with one attached hydrogen (secondary N) is 1. The number of phenols is 1. The standard InChI is InChI=1S/C10H11ClF3NO/c11-8-5-7(1-2-9(8)16)6-15-4-3-10(12,13)14/h1-2,5,15-16H,3-4,6H2. The maximum atomic E-state index is 11.8. The van der Waals surface area contributed by atoms with Gasteiger partial charge in [-0.3, -0.25) is 0 Å². The van der Waals surface area contributed by atoms with Crippen LogP contribution in [-0.4, -0.2) is 17.8 Å². The molecule has 0 saturated carbocycles. The summed E-state index contributed by atoms with van der Waals surface area (Å²) in [5, 5.41) is 12.0. The van der Waals surface area contributed by atoms with E-state index in [1.54, 1.807) is 6.07 Å². The molecule has 0 saturated heterocycles. The topological polar surface area (TPSA) is 32.3 Å². The van der Waals surface area contributed by atoms with Crippen LogP contribution in [0.15, 0.2) is 18.2 Å². The summed E-state index contributed by atoms with van der Waals surface area (Å²) in [4.78, 5) is 0. The molecule has 6 heteroatoms. The fraction of sp³-hybridized carbons (Fsp3) is 0.400. The van der Waals surface area contributed by atoms with Crippen molar-refractivity contribution in [2.24, 2.45) is 0 Å². The highest BCUT2D eigenvalue weighted by atomic mass is 35.5. The van der Waals surface area contributed by atoms with Gasteiger partial charge in [0.05, 0.1) is 11.4 Å². The van der Waals surface area contributed by atoms with Crippen molar-refractivity contribution in [3.05, 3.63) is 28.8 Å². The Kier molecular flexibility index (Phi) is 4.44. The van der Waals surface area contributed by atoms with Crippen LogP contribution in [0, 0.1) is 0 Å². The minimum absolute atomic E-state index is 0.0410. The Morgan fingerprint density at radius 3 is 2.56 bits per heavy atom. The SMILES string of the molecule is Oc1ccc(CNCCC(F)(F)F)cc1Cl. The predicted molar refractivity (Wildman–Crippen MR) is 55.5 cm³/mol. The summed E-state index contributed by atoms with van der Waals surface area (Å²) in [6.45, 7) is 0.151. The van der Waals surface area contributed by atoms with E-state index in [1.165, 1.54) is 12.1 Å². The average Bonchev–Trinajstić information content (AvgIpc) is 2.17. The molecule has 1 aromatic carbocycles. The van der Waals surface area contributed by atoms with Gasteiger partial charge in [-0.25, -0.2) is 0 Å². The molecular weight excluding hydrogens is 243 g/mol. The molecule has 0 fully saturated rings. The molecule has 0 heterocycles. The summed E-state index contributed by atoms with van der Waals surface area (Å²) in [5.41, 5.74) is 0.727. The third kappa shape index (κ3) is 4.72. The van der Waals surface area contributed by atoms with Crippen molar-refractivity contribution in [2.45, 2.75) is 19.1 Å². The molecule has 1 aromatic rings. The van der Waals surface area contributed by atoms with Crippen LogP contribution in [0.1, 0.15) is 12.0 Å². The summed E-state index contributed by atoms with van der Waals surface area (Å²) in [6, 6.07) is 4.52. The Morgan fingerprint density at radius 2 is 2.00 bits per heavy atom. The van der Waals surface area contributed by atoms with Crippen LogP contribution < -0.4 is 5.32 Å². The molecule has 0 spiro atoms. The number of halogens is 4. The predicted octanol–water partition coefficient (Wildman–Crippen LogP) is 3.09. The highest BCUT2D eigenvalue weighted by Gasteiger charge is 2.25. The van der Waals surface area contributed by atoms with Crippen LogP contribution >= 0.6 is 11.6 Å². The molecule has 0 atom stereocenters. The lowest BCUT2D eigenvalue weighted by molar-refractivity contribution is -0.133. The molecule has 0 amide bonds. The first-order valence-electron chi connectivity index (χ1n) is 4.63. The number of hydrogen-bond donors (Lipinski definition) is 2. The van der Waals surface area contributed by atoms with Gasteiger partial charge in [-0.2, -0.15) is 13.2 Å². The molecule has 0 aliphatic rings. The second kappa shape index (κ2) is 5.41. The summed E-state index contributed by atoms with van der Waals surface area (Å²) >= 11 is 5.64. The van der Waals surface area contributed by atoms with Crippen LogP contribution in [0.5, 0.6) is 5.75 Å². The monoisotopic (exact) mass is 253 g/mol. The summed E-state index contributed by atoms with van der Waals surface area (Å²) in [5.74, 6) is -0.0410. The zero-order valence-corrected chi connectivity index (χ0v) is 9.07. The van der Waals surface area contributed by atoms with Gasteiger partial charge < -0.3 is 10.4 Å². The molecular formula is C10H11ClF3NO. The molecule has 0 aliphatic carbocycles. The van der Waals surface area contributed by atoms with Crippen molar-refractivity contribution >= 4 is 11.6 Å². The molecule has 0 aliphatic heterocycles. The number of phenolic OH excluding ortho intramolecular Hbond substituents is 1. The minimum atomic E-state index is -4.14. The fourth-order valence-corrected chi connectivity index (χ4v) is 1.33. The lowest BCUT2D eigenvalue weighted by atomic mass is 10.2. The second-order valence-corrected chi connectivity index (χ2v) is 3.73. The quantitative estimate of drug-likeness (QED) is 0.809. The van der Waals surface area contributed by atoms with Gasteiger partial charge >= 0.3 is 6.18 Å². The minimum Gasteiger partial charge on any atom is -0.506 e. The van der Waals surface area contributed by atoms with Crippen molar-refractivity contribution in [1.82, 2.24) is 5.32 Å². The Morgan fingerprint density at radius 1 is 1.31 bits per heavy atom. The van der Waals surface area contributed by atoms with Crippen molar-refractivity contribution in [1.29, 1.82) is 0 Å². The normalized spacial score (nSPS) is 11.8. The smallest absolute Gasteiger partial charge is 0.390 e. The highest BCUT2D eigenvalue weighted by molar-refractivity contribution is 6.32. The third-order valence-corrected chi connectivity index (χ3v) is 2.23. The van der Waals surface area contributed by atoms with E-state index in [1.807, 2.05) is 0 Å². The Bertz CT molecular complexity index is 354. The average molecular weight is 254 g/mol. The first-order chi connectivity index (χ1) is 7.38. The Balaban J connectivity index is 2.35. The number of alkyl halides is 3. The molecule has 0 unspecified atom stereocenters. The Hall–Kier alpha value is -0.940. The number of aromatic hydroxyl groups is 1. The molecule has 1 rings (SSSR count). The van der Waals surface area contributed by atoms with E-state index in [0.717, 1.165) is 5.56 Å². The second-order valence-electron chi connectivity index (χ2n) is 3.33.